The van der Waals surface area contributed by atoms with Crippen LogP contribution >= 0.6 is 0 Å². The summed E-state index contributed by atoms with van der Waals surface area (Å²) < 4.78 is 27.1. The Hall–Kier alpha value is -0.700. The highest BCUT2D eigenvalue weighted by Gasteiger charge is 2.13. The third kappa shape index (κ3) is 7.57. The molecule has 0 aliphatic rings. The van der Waals surface area contributed by atoms with Gasteiger partial charge >= 0.3 is 5.97 Å². The van der Waals surface area contributed by atoms with E-state index in [0.29, 0.717) is 6.54 Å². The third-order valence-electron chi connectivity index (χ3n) is 1.75. The van der Waals surface area contributed by atoms with E-state index in [9.17, 15) is 13.2 Å². The molecule has 0 aromatic carbocycles. The quantitative estimate of drug-likeness (QED) is 0.436. The molecular weight excluding hydrogens is 234 g/mol. The number of rotatable bonds is 8. The van der Waals surface area contributed by atoms with Gasteiger partial charge in [0.15, 0.2) is 0 Å². The maximum atomic E-state index is 11.3. The molecule has 0 rings (SSSR count). The molecule has 0 aliphatic carbocycles. The zero-order valence-electron chi connectivity index (χ0n) is 9.43. The monoisotopic (exact) mass is 253 g/mol. The Morgan fingerprint density at radius 3 is 2.38 bits per heavy atom. The van der Waals surface area contributed by atoms with Gasteiger partial charge in [-0.25, -0.2) is 9.44 Å². The van der Waals surface area contributed by atoms with Gasteiger partial charge in [-0.05, 0) is 12.3 Å². The van der Waals surface area contributed by atoms with E-state index in [1.54, 1.807) is 0 Å². The summed E-state index contributed by atoms with van der Waals surface area (Å²) in [5.74, 6) is -0.938. The minimum absolute atomic E-state index is 0.000888. The molecule has 7 nitrogen and oxygen atoms in total. The molecule has 0 aliphatic heterocycles. The molecule has 0 saturated carbocycles. The average molecular weight is 253 g/mol. The van der Waals surface area contributed by atoms with E-state index < -0.39 is 22.2 Å². The Morgan fingerprint density at radius 2 is 1.94 bits per heavy atom. The number of nitrogens with one attached hydrogen (secondary N) is 2. The fourth-order valence-corrected chi connectivity index (χ4v) is 1.84. The van der Waals surface area contributed by atoms with Crippen molar-refractivity contribution in [3.63, 3.8) is 0 Å². The molecular formula is C8H19N3O4S. The van der Waals surface area contributed by atoms with Gasteiger partial charge in [-0.15, -0.1) is 0 Å². The summed E-state index contributed by atoms with van der Waals surface area (Å²) in [7, 11) is -3.55. The zero-order chi connectivity index (χ0) is 12.8. The summed E-state index contributed by atoms with van der Waals surface area (Å²) in [5, 5.41) is 8.47. The minimum Gasteiger partial charge on any atom is -0.480 e. The van der Waals surface area contributed by atoms with Crippen molar-refractivity contribution in [1.29, 1.82) is 0 Å². The number of hydrogen-bond donors (Lipinski definition) is 4. The Balaban J connectivity index is 3.87. The van der Waals surface area contributed by atoms with Gasteiger partial charge in [-0.2, -0.15) is 8.42 Å². The molecule has 0 saturated heterocycles. The molecule has 96 valence electrons. The Labute approximate surface area is 95.6 Å². The molecule has 0 bridgehead atoms. The van der Waals surface area contributed by atoms with Crippen molar-refractivity contribution in [2.24, 2.45) is 11.7 Å². The summed E-state index contributed by atoms with van der Waals surface area (Å²) in [5.41, 5.74) is 5.21. The fourth-order valence-electron chi connectivity index (χ4n) is 0.800. The number of aliphatic carboxylic acids is 1. The van der Waals surface area contributed by atoms with Crippen molar-refractivity contribution >= 4 is 16.2 Å². The molecule has 0 fully saturated rings. The van der Waals surface area contributed by atoms with Crippen LogP contribution in [0.3, 0.4) is 0 Å². The van der Waals surface area contributed by atoms with Gasteiger partial charge in [-0.3, -0.25) is 4.79 Å². The lowest BCUT2D eigenvalue weighted by molar-refractivity contribution is -0.138. The van der Waals surface area contributed by atoms with Gasteiger partial charge in [0.05, 0.1) is 0 Å². The summed E-state index contributed by atoms with van der Waals surface area (Å²) in [6.45, 7) is 4.09. The van der Waals surface area contributed by atoms with Crippen molar-refractivity contribution in [1.82, 2.24) is 9.44 Å². The van der Waals surface area contributed by atoms with Gasteiger partial charge in [0, 0.05) is 13.1 Å². The van der Waals surface area contributed by atoms with Crippen LogP contribution < -0.4 is 15.2 Å². The second-order valence-electron chi connectivity index (χ2n) is 3.87. The van der Waals surface area contributed by atoms with E-state index >= 15 is 0 Å². The normalized spacial score (nSPS) is 14.0. The lowest BCUT2D eigenvalue weighted by atomic mass is 10.2. The van der Waals surface area contributed by atoms with Crippen LogP contribution in [0.2, 0.25) is 0 Å². The first-order valence-corrected chi connectivity index (χ1v) is 6.45. The summed E-state index contributed by atoms with van der Waals surface area (Å²) in [4.78, 5) is 10.4. The fraction of sp³-hybridized carbons (Fsp3) is 0.875. The predicted molar refractivity (Wildman–Crippen MR) is 60.0 cm³/mol. The number of carboxylic acid groups (broad SMARTS) is 1. The summed E-state index contributed by atoms with van der Waals surface area (Å²) in [6, 6.07) is -1.05. The van der Waals surface area contributed by atoms with Gasteiger partial charge < -0.3 is 10.8 Å². The van der Waals surface area contributed by atoms with E-state index in [4.69, 9.17) is 10.8 Å². The highest BCUT2D eigenvalue weighted by atomic mass is 32.2. The summed E-state index contributed by atoms with van der Waals surface area (Å²) >= 11 is 0. The molecule has 1 atom stereocenters. The van der Waals surface area contributed by atoms with Crippen molar-refractivity contribution < 1.29 is 18.3 Å². The minimum atomic E-state index is -3.55. The molecule has 0 aromatic rings. The highest BCUT2D eigenvalue weighted by molar-refractivity contribution is 7.87. The van der Waals surface area contributed by atoms with Crippen LogP contribution in [0.25, 0.3) is 0 Å². The van der Waals surface area contributed by atoms with Crippen molar-refractivity contribution in [2.45, 2.75) is 26.3 Å². The lowest BCUT2D eigenvalue weighted by Crippen LogP contribution is -2.41. The van der Waals surface area contributed by atoms with Crippen LogP contribution in [0.5, 0.6) is 0 Å². The Morgan fingerprint density at radius 1 is 1.38 bits per heavy atom. The topological polar surface area (TPSA) is 122 Å². The highest BCUT2D eigenvalue weighted by Crippen LogP contribution is 1.90. The van der Waals surface area contributed by atoms with Crippen LogP contribution in [-0.4, -0.2) is 38.6 Å². The van der Waals surface area contributed by atoms with Gasteiger partial charge in [0.2, 0.25) is 0 Å². The predicted octanol–water partition coefficient (Wildman–Crippen LogP) is -1.13. The number of hydrogen-bond acceptors (Lipinski definition) is 4. The largest absolute Gasteiger partial charge is 0.480 e. The standard InChI is InChI=1S/C8H19N3O4S/c1-6(2)5-11-16(14,15)10-4-3-7(9)8(12)13/h6-7,10-11H,3-5,9H2,1-2H3,(H,12,13)/t7-/m0/s1. The van der Waals surface area contributed by atoms with Crippen LogP contribution in [-0.2, 0) is 15.0 Å². The molecule has 0 unspecified atom stereocenters. The smallest absolute Gasteiger partial charge is 0.320 e. The van der Waals surface area contributed by atoms with E-state index in [-0.39, 0.29) is 18.9 Å². The lowest BCUT2D eigenvalue weighted by Gasteiger charge is -2.11. The van der Waals surface area contributed by atoms with E-state index in [1.807, 2.05) is 13.8 Å². The van der Waals surface area contributed by atoms with Gasteiger partial charge in [0.25, 0.3) is 10.2 Å². The van der Waals surface area contributed by atoms with E-state index in [2.05, 4.69) is 9.44 Å². The number of nitrogens with two attached hydrogens (primary N) is 1. The molecule has 5 N–H and O–H groups in total. The average Bonchev–Trinajstić information content (AvgIpc) is 2.14. The maximum Gasteiger partial charge on any atom is 0.320 e. The van der Waals surface area contributed by atoms with Gasteiger partial charge in [0.1, 0.15) is 6.04 Å². The second kappa shape index (κ2) is 6.79. The zero-order valence-corrected chi connectivity index (χ0v) is 10.3. The third-order valence-corrected chi connectivity index (χ3v) is 2.88. The molecule has 0 heterocycles. The van der Waals surface area contributed by atoms with Gasteiger partial charge in [-0.1, -0.05) is 13.8 Å². The molecule has 0 radical (unpaired) electrons. The Bertz CT molecular complexity index is 315. The molecule has 0 amide bonds. The van der Waals surface area contributed by atoms with Crippen LogP contribution in [0, 0.1) is 5.92 Å². The second-order valence-corrected chi connectivity index (χ2v) is 5.46. The van der Waals surface area contributed by atoms with Crippen molar-refractivity contribution in [3.8, 4) is 0 Å². The maximum absolute atomic E-state index is 11.3. The first-order chi connectivity index (χ1) is 7.24. The first-order valence-electron chi connectivity index (χ1n) is 4.97. The van der Waals surface area contributed by atoms with Crippen LogP contribution in [0.1, 0.15) is 20.3 Å². The molecule has 16 heavy (non-hydrogen) atoms. The van der Waals surface area contributed by atoms with Crippen molar-refractivity contribution in [3.05, 3.63) is 0 Å². The van der Waals surface area contributed by atoms with Crippen molar-refractivity contribution in [2.75, 3.05) is 13.1 Å². The number of carbonyl (C=O) groups is 1. The van der Waals surface area contributed by atoms with Crippen LogP contribution in [0.15, 0.2) is 0 Å². The molecule has 0 spiro atoms. The van der Waals surface area contributed by atoms with E-state index in [0.717, 1.165) is 0 Å². The molecule has 8 heteroatoms. The molecule has 0 aromatic heterocycles. The van der Waals surface area contributed by atoms with Crippen LogP contribution in [0.4, 0.5) is 0 Å². The number of carboxylic acids is 1. The van der Waals surface area contributed by atoms with E-state index in [1.165, 1.54) is 0 Å². The Kier molecular flexibility index (Phi) is 6.49. The SMILES string of the molecule is CC(C)CNS(=O)(=O)NCC[C@H](N)C(=O)O. The summed E-state index contributed by atoms with van der Waals surface area (Å²) in [6.07, 6.45) is 0.0535. The first kappa shape index (κ1) is 15.3.